The number of alkyl halides is 3. The molecule has 9 heteroatoms. The van der Waals surface area contributed by atoms with Crippen LogP contribution in [0.15, 0.2) is 6.20 Å². The van der Waals surface area contributed by atoms with E-state index in [2.05, 4.69) is 10.4 Å². The number of rotatable bonds is 4. The third kappa shape index (κ3) is 3.23. The predicted octanol–water partition coefficient (Wildman–Crippen LogP) is 1.55. The molecule has 0 aliphatic carbocycles. The molecule has 120 valence electrons. The highest BCUT2D eigenvalue weighted by Crippen LogP contribution is 2.38. The van der Waals surface area contributed by atoms with Gasteiger partial charge in [0.15, 0.2) is 9.84 Å². The van der Waals surface area contributed by atoms with Crippen LogP contribution in [0.5, 0.6) is 0 Å². The number of aromatic nitrogens is 2. The maximum Gasteiger partial charge on any atom is 0.433 e. The summed E-state index contributed by atoms with van der Waals surface area (Å²) in [7, 11) is -3.32. The number of hydrogen-bond acceptors (Lipinski definition) is 4. The lowest BCUT2D eigenvalue weighted by molar-refractivity contribution is -0.146. The van der Waals surface area contributed by atoms with Crippen LogP contribution in [-0.4, -0.2) is 36.2 Å². The first kappa shape index (κ1) is 16.3. The van der Waals surface area contributed by atoms with Crippen LogP contribution in [0.1, 0.15) is 31.5 Å². The number of nitrogens with one attached hydrogen (secondary N) is 1. The Morgan fingerprint density at radius 1 is 1.48 bits per heavy atom. The number of nitrogens with zero attached hydrogens (tertiary/aromatic N) is 2. The predicted molar refractivity (Wildman–Crippen MR) is 71.5 cm³/mol. The van der Waals surface area contributed by atoms with Crippen molar-refractivity contribution in [3.8, 4) is 0 Å². The summed E-state index contributed by atoms with van der Waals surface area (Å²) in [5.74, 6) is -0.422. The molecule has 21 heavy (non-hydrogen) atoms. The van der Waals surface area contributed by atoms with Crippen LogP contribution in [0.2, 0.25) is 0 Å². The smallest absolute Gasteiger partial charge is 0.313 e. The fraction of sp³-hybridized carbons (Fsp3) is 0.750. The molecular formula is C12H18F3N3O2S. The second-order valence-corrected chi connectivity index (χ2v) is 7.73. The SMILES string of the molecule is CCNCc1cnn(C2(C)CCS(=O)(=O)C2)c1C(F)(F)F. The molecule has 0 radical (unpaired) electrons. The highest BCUT2D eigenvalue weighted by atomic mass is 32.2. The minimum absolute atomic E-state index is 0.0369. The van der Waals surface area contributed by atoms with Crippen molar-refractivity contribution in [1.82, 2.24) is 15.1 Å². The molecule has 1 fully saturated rings. The van der Waals surface area contributed by atoms with Gasteiger partial charge in [-0.25, -0.2) is 8.42 Å². The van der Waals surface area contributed by atoms with E-state index in [1.54, 1.807) is 6.92 Å². The maximum atomic E-state index is 13.3. The van der Waals surface area contributed by atoms with Crippen molar-refractivity contribution in [3.05, 3.63) is 17.5 Å². The number of hydrogen-bond donors (Lipinski definition) is 1. The summed E-state index contributed by atoms with van der Waals surface area (Å²) in [6, 6.07) is 0. The van der Waals surface area contributed by atoms with E-state index in [0.717, 1.165) is 4.68 Å². The van der Waals surface area contributed by atoms with Crippen LogP contribution in [0, 0.1) is 0 Å². The van der Waals surface area contributed by atoms with Crippen LogP contribution in [0.4, 0.5) is 13.2 Å². The Morgan fingerprint density at radius 3 is 2.62 bits per heavy atom. The zero-order valence-electron chi connectivity index (χ0n) is 11.9. The first-order valence-electron chi connectivity index (χ1n) is 6.65. The molecule has 1 N–H and O–H groups in total. The number of sulfone groups is 1. The maximum absolute atomic E-state index is 13.3. The van der Waals surface area contributed by atoms with E-state index < -0.39 is 27.2 Å². The van der Waals surface area contributed by atoms with Gasteiger partial charge in [0.2, 0.25) is 0 Å². The lowest BCUT2D eigenvalue weighted by Crippen LogP contribution is -2.36. The van der Waals surface area contributed by atoms with Crippen molar-refractivity contribution in [2.24, 2.45) is 0 Å². The van der Waals surface area contributed by atoms with Crippen molar-refractivity contribution in [3.63, 3.8) is 0 Å². The molecule has 0 spiro atoms. The van der Waals surface area contributed by atoms with Crippen LogP contribution >= 0.6 is 0 Å². The number of halogens is 3. The van der Waals surface area contributed by atoms with E-state index in [-0.39, 0.29) is 30.0 Å². The average Bonchev–Trinajstić information content (AvgIpc) is 2.88. The zero-order chi connectivity index (χ0) is 15.9. The second kappa shape index (κ2) is 5.28. The van der Waals surface area contributed by atoms with Gasteiger partial charge in [0.25, 0.3) is 0 Å². The van der Waals surface area contributed by atoms with Gasteiger partial charge < -0.3 is 5.32 Å². The highest BCUT2D eigenvalue weighted by Gasteiger charge is 2.47. The Hall–Kier alpha value is -1.09. The topological polar surface area (TPSA) is 64.0 Å². The minimum Gasteiger partial charge on any atom is -0.313 e. The third-order valence-corrected chi connectivity index (χ3v) is 5.56. The van der Waals surface area contributed by atoms with Crippen molar-refractivity contribution in [2.75, 3.05) is 18.1 Å². The summed E-state index contributed by atoms with van der Waals surface area (Å²) in [6.45, 7) is 3.89. The summed E-state index contributed by atoms with van der Waals surface area (Å²) < 4.78 is 64.1. The summed E-state index contributed by atoms with van der Waals surface area (Å²) in [5, 5.41) is 6.69. The van der Waals surface area contributed by atoms with E-state index in [4.69, 9.17) is 0 Å². The molecule has 0 amide bonds. The van der Waals surface area contributed by atoms with Gasteiger partial charge in [0, 0.05) is 12.1 Å². The third-order valence-electron chi connectivity index (χ3n) is 3.67. The normalized spacial score (nSPS) is 25.4. The molecule has 0 aromatic carbocycles. The lowest BCUT2D eigenvalue weighted by Gasteiger charge is -2.26. The average molecular weight is 325 g/mol. The van der Waals surface area contributed by atoms with Gasteiger partial charge in [-0.2, -0.15) is 18.3 Å². The Bertz CT molecular complexity index is 624. The molecule has 1 aliphatic heterocycles. The molecule has 2 rings (SSSR count). The molecule has 1 aromatic heterocycles. The Balaban J connectivity index is 2.47. The molecule has 1 aromatic rings. The van der Waals surface area contributed by atoms with E-state index in [9.17, 15) is 21.6 Å². The van der Waals surface area contributed by atoms with Crippen LogP contribution in [0.25, 0.3) is 0 Å². The Labute approximate surface area is 121 Å². The lowest BCUT2D eigenvalue weighted by atomic mass is 10.0. The molecule has 1 atom stereocenters. The summed E-state index contributed by atoms with van der Waals surface area (Å²) >= 11 is 0. The molecule has 2 heterocycles. The molecule has 1 saturated heterocycles. The van der Waals surface area contributed by atoms with Crippen molar-refractivity contribution >= 4 is 9.84 Å². The molecule has 5 nitrogen and oxygen atoms in total. The van der Waals surface area contributed by atoms with E-state index >= 15 is 0 Å². The standard InChI is InChI=1S/C12H18F3N3O2S/c1-3-16-6-9-7-17-18(10(9)12(13,14)15)11(2)4-5-21(19,20)8-11/h7,16H,3-6,8H2,1-2H3. The van der Waals surface area contributed by atoms with Crippen LogP contribution in [-0.2, 0) is 28.1 Å². The van der Waals surface area contributed by atoms with Crippen molar-refractivity contribution in [2.45, 2.75) is 38.5 Å². The molecule has 0 saturated carbocycles. The summed E-state index contributed by atoms with van der Waals surface area (Å²) in [5.41, 5.74) is -1.97. The first-order chi connectivity index (χ1) is 9.59. The summed E-state index contributed by atoms with van der Waals surface area (Å²) in [6.07, 6.45) is -3.26. The molecule has 0 bridgehead atoms. The minimum atomic E-state index is -4.57. The van der Waals surface area contributed by atoms with Gasteiger partial charge in [0.1, 0.15) is 5.69 Å². The van der Waals surface area contributed by atoms with Gasteiger partial charge in [-0.1, -0.05) is 6.92 Å². The highest BCUT2D eigenvalue weighted by molar-refractivity contribution is 7.91. The fourth-order valence-corrected chi connectivity index (χ4v) is 4.75. The van der Waals surface area contributed by atoms with Gasteiger partial charge >= 0.3 is 6.18 Å². The van der Waals surface area contributed by atoms with Gasteiger partial charge in [-0.15, -0.1) is 0 Å². The van der Waals surface area contributed by atoms with Crippen molar-refractivity contribution < 1.29 is 21.6 Å². The largest absolute Gasteiger partial charge is 0.433 e. The van der Waals surface area contributed by atoms with Crippen LogP contribution in [0.3, 0.4) is 0 Å². The van der Waals surface area contributed by atoms with Crippen LogP contribution < -0.4 is 5.32 Å². The quantitative estimate of drug-likeness (QED) is 0.912. The monoisotopic (exact) mass is 325 g/mol. The summed E-state index contributed by atoms with van der Waals surface area (Å²) in [4.78, 5) is 0. The van der Waals surface area contributed by atoms with Gasteiger partial charge in [-0.3, -0.25) is 4.68 Å². The van der Waals surface area contributed by atoms with E-state index in [0.29, 0.717) is 6.54 Å². The van der Waals surface area contributed by atoms with Crippen molar-refractivity contribution in [1.29, 1.82) is 0 Å². The van der Waals surface area contributed by atoms with E-state index in [1.165, 1.54) is 13.1 Å². The first-order valence-corrected chi connectivity index (χ1v) is 8.47. The Morgan fingerprint density at radius 2 is 2.14 bits per heavy atom. The fourth-order valence-electron chi connectivity index (χ4n) is 2.64. The molecule has 1 aliphatic rings. The van der Waals surface area contributed by atoms with Gasteiger partial charge in [-0.05, 0) is 19.9 Å². The molecular weight excluding hydrogens is 307 g/mol. The molecule has 1 unspecified atom stereocenters. The zero-order valence-corrected chi connectivity index (χ0v) is 12.7. The second-order valence-electron chi connectivity index (χ2n) is 5.55. The van der Waals surface area contributed by atoms with E-state index in [1.807, 2.05) is 0 Å². The van der Waals surface area contributed by atoms with Gasteiger partial charge in [0.05, 0.1) is 23.2 Å². The Kier molecular flexibility index (Phi) is 4.09.